The monoisotopic (exact) mass is 317 g/mol. The van der Waals surface area contributed by atoms with Crippen LogP contribution >= 0.6 is 22.7 Å². The molecule has 0 saturated heterocycles. The van der Waals surface area contributed by atoms with E-state index in [0.717, 1.165) is 21.0 Å². The van der Waals surface area contributed by atoms with Crippen LogP contribution in [-0.4, -0.2) is 21.2 Å². The summed E-state index contributed by atoms with van der Waals surface area (Å²) in [5, 5.41) is 6.97. The van der Waals surface area contributed by atoms with Gasteiger partial charge in [-0.1, -0.05) is 20.8 Å². The largest absolute Gasteiger partial charge is 0.260 e. The molecule has 0 spiro atoms. The molecule has 0 aliphatic heterocycles. The molecule has 0 aromatic carbocycles. The van der Waals surface area contributed by atoms with E-state index in [1.54, 1.807) is 30.1 Å². The van der Waals surface area contributed by atoms with Gasteiger partial charge in [0.25, 0.3) is 0 Å². The van der Waals surface area contributed by atoms with Gasteiger partial charge in [0.05, 0.1) is 16.4 Å². The zero-order chi connectivity index (χ0) is 14.9. The van der Waals surface area contributed by atoms with E-state index in [0.29, 0.717) is 0 Å². The second-order valence-electron chi connectivity index (χ2n) is 5.54. The highest BCUT2D eigenvalue weighted by Crippen LogP contribution is 2.35. The minimum Gasteiger partial charge on any atom is -0.260 e. The SMILES string of the molecule is CC(C)(C)c1cc2ncnc(NN=Cc3nccs3)c2s1. The zero-order valence-corrected chi connectivity index (χ0v) is 13.6. The van der Waals surface area contributed by atoms with E-state index in [9.17, 15) is 0 Å². The lowest BCUT2D eigenvalue weighted by molar-refractivity contribution is 0.604. The number of thiophene rings is 1. The average molecular weight is 317 g/mol. The van der Waals surface area contributed by atoms with Crippen molar-refractivity contribution in [2.75, 3.05) is 5.43 Å². The summed E-state index contributed by atoms with van der Waals surface area (Å²) in [6.07, 6.45) is 5.00. The van der Waals surface area contributed by atoms with Crippen molar-refractivity contribution in [3.8, 4) is 0 Å². The van der Waals surface area contributed by atoms with Crippen molar-refractivity contribution in [1.82, 2.24) is 15.0 Å². The minimum atomic E-state index is 0.104. The Bertz CT molecular complexity index is 768. The van der Waals surface area contributed by atoms with Crippen LogP contribution in [0.1, 0.15) is 30.7 Å². The molecule has 0 unspecified atom stereocenters. The van der Waals surface area contributed by atoms with Crippen LogP contribution in [0.4, 0.5) is 5.82 Å². The van der Waals surface area contributed by atoms with Gasteiger partial charge in [-0.2, -0.15) is 5.10 Å². The van der Waals surface area contributed by atoms with Gasteiger partial charge in [-0.15, -0.1) is 22.7 Å². The lowest BCUT2D eigenvalue weighted by Gasteiger charge is -2.14. The molecule has 7 heteroatoms. The minimum absolute atomic E-state index is 0.104. The van der Waals surface area contributed by atoms with E-state index in [-0.39, 0.29) is 5.41 Å². The number of hydrogen-bond donors (Lipinski definition) is 1. The molecule has 0 atom stereocenters. The van der Waals surface area contributed by atoms with Crippen LogP contribution in [0, 0.1) is 0 Å². The summed E-state index contributed by atoms with van der Waals surface area (Å²) in [5.74, 6) is 0.730. The Morgan fingerprint density at radius 2 is 2.10 bits per heavy atom. The molecule has 0 radical (unpaired) electrons. The second-order valence-corrected chi connectivity index (χ2v) is 7.52. The van der Waals surface area contributed by atoms with Crippen LogP contribution in [0.2, 0.25) is 0 Å². The molecule has 3 heterocycles. The van der Waals surface area contributed by atoms with Crippen molar-refractivity contribution in [2.45, 2.75) is 26.2 Å². The molecule has 0 aliphatic carbocycles. The molecule has 108 valence electrons. The number of nitrogens with one attached hydrogen (secondary N) is 1. The first-order valence-corrected chi connectivity index (χ1v) is 8.17. The first-order chi connectivity index (χ1) is 10.0. The standard InChI is InChI=1S/C14H15N5S2/c1-14(2,3)10-6-9-12(21-10)13(17-8-16-9)19-18-7-11-15-4-5-20-11/h4-8H,1-3H3,(H,16,17,19). The number of nitrogens with zero attached hydrogens (tertiary/aromatic N) is 4. The molecular formula is C14H15N5S2. The van der Waals surface area contributed by atoms with Crippen LogP contribution in [0.3, 0.4) is 0 Å². The van der Waals surface area contributed by atoms with Gasteiger partial charge in [0, 0.05) is 16.5 Å². The maximum absolute atomic E-state index is 4.33. The number of anilines is 1. The molecular weight excluding hydrogens is 302 g/mol. The predicted octanol–water partition coefficient (Wildman–Crippen LogP) is 3.89. The van der Waals surface area contributed by atoms with Crippen LogP contribution in [0.25, 0.3) is 10.2 Å². The van der Waals surface area contributed by atoms with E-state index < -0.39 is 0 Å². The fourth-order valence-corrected chi connectivity index (χ4v) is 3.35. The van der Waals surface area contributed by atoms with E-state index in [2.05, 4.69) is 52.3 Å². The van der Waals surface area contributed by atoms with Gasteiger partial charge in [-0.25, -0.2) is 15.0 Å². The number of hydrogen-bond acceptors (Lipinski definition) is 7. The van der Waals surface area contributed by atoms with Gasteiger partial charge in [0.15, 0.2) is 5.82 Å². The number of hydrazone groups is 1. The maximum Gasteiger partial charge on any atom is 0.167 e. The normalized spacial score (nSPS) is 12.3. The highest BCUT2D eigenvalue weighted by molar-refractivity contribution is 7.19. The van der Waals surface area contributed by atoms with Crippen molar-refractivity contribution in [1.29, 1.82) is 0 Å². The Morgan fingerprint density at radius 1 is 1.24 bits per heavy atom. The molecule has 0 saturated carbocycles. The Morgan fingerprint density at radius 3 is 2.81 bits per heavy atom. The van der Waals surface area contributed by atoms with Crippen LogP contribution in [0.5, 0.6) is 0 Å². The average Bonchev–Trinajstić information content (AvgIpc) is 3.06. The van der Waals surface area contributed by atoms with Gasteiger partial charge in [-0.3, -0.25) is 5.43 Å². The van der Waals surface area contributed by atoms with Gasteiger partial charge >= 0.3 is 0 Å². The summed E-state index contributed by atoms with van der Waals surface area (Å²) in [6, 6.07) is 2.12. The molecule has 3 rings (SSSR count). The Labute approximate surface area is 130 Å². The summed E-state index contributed by atoms with van der Waals surface area (Å²) in [6.45, 7) is 6.58. The number of aromatic nitrogens is 3. The first-order valence-electron chi connectivity index (χ1n) is 6.47. The molecule has 0 aliphatic rings. The first kappa shape index (κ1) is 14.1. The molecule has 21 heavy (non-hydrogen) atoms. The molecule has 1 N–H and O–H groups in total. The quantitative estimate of drug-likeness (QED) is 0.588. The van der Waals surface area contributed by atoms with Gasteiger partial charge in [-0.05, 0) is 11.5 Å². The van der Waals surface area contributed by atoms with E-state index in [1.165, 1.54) is 16.2 Å². The Kier molecular flexibility index (Phi) is 3.69. The lowest BCUT2D eigenvalue weighted by Crippen LogP contribution is -2.07. The van der Waals surface area contributed by atoms with Gasteiger partial charge in [0.2, 0.25) is 0 Å². The molecule has 3 aromatic heterocycles. The highest BCUT2D eigenvalue weighted by Gasteiger charge is 2.18. The zero-order valence-electron chi connectivity index (χ0n) is 12.0. The number of fused-ring (bicyclic) bond motifs is 1. The lowest BCUT2D eigenvalue weighted by atomic mass is 9.95. The van der Waals surface area contributed by atoms with Crippen LogP contribution in [-0.2, 0) is 5.41 Å². The van der Waals surface area contributed by atoms with Gasteiger partial charge in [0.1, 0.15) is 11.3 Å². The van der Waals surface area contributed by atoms with Crippen molar-refractivity contribution >= 4 is 44.9 Å². The number of rotatable bonds is 3. The second kappa shape index (κ2) is 5.50. The van der Waals surface area contributed by atoms with E-state index >= 15 is 0 Å². The highest BCUT2D eigenvalue weighted by atomic mass is 32.1. The van der Waals surface area contributed by atoms with Crippen molar-refractivity contribution in [3.05, 3.63) is 33.9 Å². The summed E-state index contributed by atoms with van der Waals surface area (Å²) < 4.78 is 1.03. The maximum atomic E-state index is 4.33. The summed E-state index contributed by atoms with van der Waals surface area (Å²) in [4.78, 5) is 14.0. The number of thiazole rings is 1. The van der Waals surface area contributed by atoms with Crippen molar-refractivity contribution in [2.24, 2.45) is 5.10 Å². The third-order valence-electron chi connectivity index (χ3n) is 2.85. The molecule has 0 fully saturated rings. The van der Waals surface area contributed by atoms with Gasteiger partial charge < -0.3 is 0 Å². The smallest absolute Gasteiger partial charge is 0.167 e. The molecule has 3 aromatic rings. The third-order valence-corrected chi connectivity index (χ3v) is 5.11. The van der Waals surface area contributed by atoms with E-state index in [1.807, 2.05) is 5.38 Å². The fraction of sp³-hybridized carbons (Fsp3) is 0.286. The summed E-state index contributed by atoms with van der Waals surface area (Å²) in [5.41, 5.74) is 4.04. The predicted molar refractivity (Wildman–Crippen MR) is 89.4 cm³/mol. The van der Waals surface area contributed by atoms with E-state index in [4.69, 9.17) is 0 Å². The van der Waals surface area contributed by atoms with Crippen molar-refractivity contribution in [3.63, 3.8) is 0 Å². The summed E-state index contributed by atoms with van der Waals surface area (Å²) in [7, 11) is 0. The Hall–Kier alpha value is -1.86. The fourth-order valence-electron chi connectivity index (χ4n) is 1.75. The molecule has 5 nitrogen and oxygen atoms in total. The van der Waals surface area contributed by atoms with Crippen molar-refractivity contribution < 1.29 is 0 Å². The topological polar surface area (TPSA) is 63.1 Å². The van der Waals surface area contributed by atoms with Crippen LogP contribution < -0.4 is 5.43 Å². The molecule has 0 amide bonds. The summed E-state index contributed by atoms with van der Waals surface area (Å²) >= 11 is 3.24. The Balaban J connectivity index is 1.90. The third kappa shape index (κ3) is 3.08. The molecule has 0 bridgehead atoms. The van der Waals surface area contributed by atoms with Crippen LogP contribution in [0.15, 0.2) is 29.1 Å².